The van der Waals surface area contributed by atoms with Gasteiger partial charge in [-0.15, -0.1) is 0 Å². The minimum absolute atomic E-state index is 0.0551. The summed E-state index contributed by atoms with van der Waals surface area (Å²) in [4.78, 5) is 59.2. The van der Waals surface area contributed by atoms with Gasteiger partial charge in [0.1, 0.15) is 6.04 Å². The number of benzene rings is 1. The SMILES string of the molecule is CC(C)[C@H](NC(=O)c1ccc([N+](=O)[O-])cc1Cl)C(=O)OCC(=O)N1CCNC1=O. The van der Waals surface area contributed by atoms with Crippen molar-refractivity contribution in [2.75, 3.05) is 19.7 Å². The van der Waals surface area contributed by atoms with Crippen LogP contribution in [0.5, 0.6) is 0 Å². The van der Waals surface area contributed by atoms with E-state index in [2.05, 4.69) is 10.6 Å². The number of rotatable bonds is 7. The molecule has 1 aliphatic heterocycles. The molecule has 29 heavy (non-hydrogen) atoms. The molecular formula is C17H19ClN4O7. The van der Waals surface area contributed by atoms with Crippen molar-refractivity contribution in [3.8, 4) is 0 Å². The second-order valence-corrected chi connectivity index (χ2v) is 6.91. The van der Waals surface area contributed by atoms with Crippen LogP contribution in [0.2, 0.25) is 5.02 Å². The van der Waals surface area contributed by atoms with Crippen molar-refractivity contribution in [2.24, 2.45) is 5.92 Å². The van der Waals surface area contributed by atoms with Gasteiger partial charge in [-0.05, 0) is 12.0 Å². The number of halogens is 1. The van der Waals surface area contributed by atoms with Gasteiger partial charge in [-0.25, -0.2) is 9.59 Å². The van der Waals surface area contributed by atoms with E-state index < -0.39 is 47.3 Å². The number of imide groups is 1. The molecule has 1 saturated heterocycles. The molecule has 11 nitrogen and oxygen atoms in total. The van der Waals surface area contributed by atoms with Crippen LogP contribution >= 0.6 is 11.6 Å². The zero-order chi connectivity index (χ0) is 21.7. The molecule has 0 radical (unpaired) electrons. The maximum Gasteiger partial charge on any atom is 0.329 e. The quantitative estimate of drug-likeness (QED) is 0.376. The molecule has 4 amide bonds. The lowest BCUT2D eigenvalue weighted by Crippen LogP contribution is -2.46. The molecule has 0 spiro atoms. The number of nitrogens with one attached hydrogen (secondary N) is 2. The molecule has 1 fully saturated rings. The number of nitrogens with zero attached hydrogens (tertiary/aromatic N) is 2. The number of esters is 1. The number of amides is 4. The Morgan fingerprint density at radius 3 is 2.59 bits per heavy atom. The molecule has 1 aliphatic rings. The van der Waals surface area contributed by atoms with Crippen LogP contribution in [-0.2, 0) is 14.3 Å². The summed E-state index contributed by atoms with van der Waals surface area (Å²) in [5, 5.41) is 15.5. The lowest BCUT2D eigenvalue weighted by Gasteiger charge is -2.21. The number of nitro groups is 1. The van der Waals surface area contributed by atoms with Gasteiger partial charge in [0.05, 0.1) is 15.5 Å². The van der Waals surface area contributed by atoms with E-state index in [1.807, 2.05) is 0 Å². The minimum Gasteiger partial charge on any atom is -0.454 e. The van der Waals surface area contributed by atoms with Crippen LogP contribution < -0.4 is 10.6 Å². The molecule has 0 saturated carbocycles. The number of hydrogen-bond donors (Lipinski definition) is 2. The first-order chi connectivity index (χ1) is 13.6. The number of ether oxygens (including phenoxy) is 1. The van der Waals surface area contributed by atoms with Crippen LogP contribution in [0.1, 0.15) is 24.2 Å². The van der Waals surface area contributed by atoms with Crippen molar-refractivity contribution in [1.29, 1.82) is 0 Å². The van der Waals surface area contributed by atoms with E-state index in [4.69, 9.17) is 16.3 Å². The Hall–Kier alpha value is -3.21. The predicted molar refractivity (Wildman–Crippen MR) is 100 cm³/mol. The molecule has 1 heterocycles. The third kappa shape index (κ3) is 5.41. The summed E-state index contributed by atoms with van der Waals surface area (Å²) in [6.45, 7) is 3.15. The van der Waals surface area contributed by atoms with E-state index in [-0.39, 0.29) is 22.8 Å². The molecular weight excluding hydrogens is 408 g/mol. The molecule has 2 N–H and O–H groups in total. The highest BCUT2D eigenvalue weighted by molar-refractivity contribution is 6.34. The third-order valence-electron chi connectivity index (χ3n) is 4.11. The van der Waals surface area contributed by atoms with Gasteiger partial charge < -0.3 is 15.4 Å². The van der Waals surface area contributed by atoms with E-state index in [0.29, 0.717) is 6.54 Å². The van der Waals surface area contributed by atoms with Crippen molar-refractivity contribution < 1.29 is 28.8 Å². The number of carbonyl (C=O) groups excluding carboxylic acids is 4. The Morgan fingerprint density at radius 1 is 1.38 bits per heavy atom. The number of nitro benzene ring substituents is 1. The van der Waals surface area contributed by atoms with E-state index in [0.717, 1.165) is 17.0 Å². The van der Waals surface area contributed by atoms with Crippen molar-refractivity contribution in [3.05, 3.63) is 38.9 Å². The highest BCUT2D eigenvalue weighted by Crippen LogP contribution is 2.22. The second kappa shape index (κ2) is 9.32. The average molecular weight is 427 g/mol. The van der Waals surface area contributed by atoms with Crippen LogP contribution in [0, 0.1) is 16.0 Å². The van der Waals surface area contributed by atoms with Gasteiger partial charge in [-0.1, -0.05) is 25.4 Å². The summed E-state index contributed by atoms with van der Waals surface area (Å²) < 4.78 is 4.96. The third-order valence-corrected chi connectivity index (χ3v) is 4.42. The molecule has 0 bridgehead atoms. The topological polar surface area (TPSA) is 148 Å². The summed E-state index contributed by atoms with van der Waals surface area (Å²) in [6.07, 6.45) is 0. The Morgan fingerprint density at radius 2 is 2.07 bits per heavy atom. The van der Waals surface area contributed by atoms with Crippen LogP contribution in [0.15, 0.2) is 18.2 Å². The number of non-ortho nitro benzene ring substituents is 1. The summed E-state index contributed by atoms with van der Waals surface area (Å²) in [5.74, 6) is -2.67. The summed E-state index contributed by atoms with van der Waals surface area (Å²) in [7, 11) is 0. The Bertz CT molecular complexity index is 858. The fraction of sp³-hybridized carbons (Fsp3) is 0.412. The standard InChI is InChI=1S/C17H19ClN4O7/c1-9(2)14(16(25)29-8-13(23)21-6-5-19-17(21)26)20-15(24)11-4-3-10(22(27)28)7-12(11)18/h3-4,7,9,14H,5-6,8H2,1-2H3,(H,19,26)(H,20,24)/t14-/m0/s1. The van der Waals surface area contributed by atoms with E-state index >= 15 is 0 Å². The van der Waals surface area contributed by atoms with Crippen LogP contribution in [-0.4, -0.2) is 59.4 Å². The molecule has 0 unspecified atom stereocenters. The Labute approximate surface area is 170 Å². The van der Waals surface area contributed by atoms with Crippen LogP contribution in [0.25, 0.3) is 0 Å². The van der Waals surface area contributed by atoms with Gasteiger partial charge in [0.25, 0.3) is 17.5 Å². The smallest absolute Gasteiger partial charge is 0.329 e. The molecule has 12 heteroatoms. The number of urea groups is 1. The van der Waals surface area contributed by atoms with Gasteiger partial charge in [-0.3, -0.25) is 24.6 Å². The predicted octanol–water partition coefficient (Wildman–Crippen LogP) is 1.10. The fourth-order valence-corrected chi connectivity index (χ4v) is 2.79. The maximum absolute atomic E-state index is 12.5. The van der Waals surface area contributed by atoms with E-state index in [1.165, 1.54) is 6.07 Å². The molecule has 1 atom stereocenters. The maximum atomic E-state index is 12.5. The molecule has 0 aromatic heterocycles. The minimum atomic E-state index is -1.10. The highest BCUT2D eigenvalue weighted by atomic mass is 35.5. The number of hydrogen-bond acceptors (Lipinski definition) is 7. The first-order valence-corrected chi connectivity index (χ1v) is 8.99. The van der Waals surface area contributed by atoms with Crippen molar-refractivity contribution in [3.63, 3.8) is 0 Å². The zero-order valence-corrected chi connectivity index (χ0v) is 16.4. The highest BCUT2D eigenvalue weighted by Gasteiger charge is 2.30. The molecule has 0 aliphatic carbocycles. The molecule has 1 aromatic carbocycles. The average Bonchev–Trinajstić information content (AvgIpc) is 3.09. The van der Waals surface area contributed by atoms with Gasteiger partial charge >= 0.3 is 12.0 Å². The first kappa shape index (κ1) is 22.1. The molecule has 2 rings (SSSR count). The van der Waals surface area contributed by atoms with Crippen LogP contribution in [0.4, 0.5) is 10.5 Å². The Kier molecular flexibility index (Phi) is 7.10. The van der Waals surface area contributed by atoms with Crippen molar-refractivity contribution in [1.82, 2.24) is 15.5 Å². The lowest BCUT2D eigenvalue weighted by atomic mass is 10.0. The summed E-state index contributed by atoms with van der Waals surface area (Å²) in [6, 6.07) is 1.65. The summed E-state index contributed by atoms with van der Waals surface area (Å²) >= 11 is 5.93. The van der Waals surface area contributed by atoms with Gasteiger partial charge in [0, 0.05) is 25.2 Å². The van der Waals surface area contributed by atoms with Gasteiger partial charge in [0.15, 0.2) is 6.61 Å². The Balaban J connectivity index is 2.02. The van der Waals surface area contributed by atoms with E-state index in [1.54, 1.807) is 13.8 Å². The van der Waals surface area contributed by atoms with Crippen molar-refractivity contribution >= 4 is 41.1 Å². The lowest BCUT2D eigenvalue weighted by molar-refractivity contribution is -0.384. The molecule has 1 aromatic rings. The second-order valence-electron chi connectivity index (χ2n) is 6.50. The van der Waals surface area contributed by atoms with Gasteiger partial charge in [0.2, 0.25) is 0 Å². The number of carbonyl (C=O) groups is 4. The van der Waals surface area contributed by atoms with Crippen molar-refractivity contribution in [2.45, 2.75) is 19.9 Å². The largest absolute Gasteiger partial charge is 0.454 e. The normalized spacial score (nSPS) is 14.3. The van der Waals surface area contributed by atoms with E-state index in [9.17, 15) is 29.3 Å². The van der Waals surface area contributed by atoms with Gasteiger partial charge in [-0.2, -0.15) is 0 Å². The fourth-order valence-electron chi connectivity index (χ4n) is 2.53. The zero-order valence-electron chi connectivity index (χ0n) is 15.6. The monoisotopic (exact) mass is 426 g/mol. The van der Waals surface area contributed by atoms with Crippen LogP contribution in [0.3, 0.4) is 0 Å². The first-order valence-electron chi connectivity index (χ1n) is 8.61. The summed E-state index contributed by atoms with van der Waals surface area (Å²) in [5.41, 5.74) is -0.337. The molecule has 156 valence electrons.